The fourth-order valence-corrected chi connectivity index (χ4v) is 2.47. The van der Waals surface area contributed by atoms with Gasteiger partial charge in [-0.2, -0.15) is 18.2 Å². The topological polar surface area (TPSA) is 68.0 Å². The summed E-state index contributed by atoms with van der Waals surface area (Å²) >= 11 is 0. The summed E-state index contributed by atoms with van der Waals surface area (Å²) in [6.45, 7) is -0.0267. The van der Waals surface area contributed by atoms with Crippen molar-refractivity contribution in [1.29, 1.82) is 0 Å². The Bertz CT molecular complexity index is 970. The molecule has 9 heteroatoms. The summed E-state index contributed by atoms with van der Waals surface area (Å²) in [5.74, 6) is -0.395. The highest BCUT2D eigenvalue weighted by Gasteiger charge is 2.30. The molecule has 0 unspecified atom stereocenters. The second-order valence-corrected chi connectivity index (χ2v) is 6.00. The van der Waals surface area contributed by atoms with Gasteiger partial charge in [0.05, 0.1) is 5.56 Å². The Morgan fingerprint density at radius 3 is 2.64 bits per heavy atom. The second kappa shape index (κ2) is 8.20. The minimum atomic E-state index is -4.43. The molecule has 0 saturated carbocycles. The summed E-state index contributed by atoms with van der Waals surface area (Å²) in [6, 6.07) is 10.4. The van der Waals surface area contributed by atoms with E-state index in [2.05, 4.69) is 15.5 Å². The van der Waals surface area contributed by atoms with E-state index >= 15 is 0 Å². The lowest BCUT2D eigenvalue weighted by atomic mass is 10.1. The minimum absolute atomic E-state index is 0.0176. The van der Waals surface area contributed by atoms with E-state index in [1.807, 2.05) is 0 Å². The van der Waals surface area contributed by atoms with E-state index in [-0.39, 0.29) is 37.0 Å². The first-order valence-electron chi connectivity index (χ1n) is 8.32. The van der Waals surface area contributed by atoms with Crippen LogP contribution >= 0.6 is 0 Å². The predicted molar refractivity (Wildman–Crippen MR) is 91.3 cm³/mol. The van der Waals surface area contributed by atoms with Crippen molar-refractivity contribution in [2.24, 2.45) is 0 Å². The molecule has 1 aromatic heterocycles. The van der Waals surface area contributed by atoms with Crippen LogP contribution in [-0.4, -0.2) is 16.0 Å². The number of nitrogens with zero attached hydrogens (tertiary/aromatic N) is 2. The molecule has 0 saturated heterocycles. The van der Waals surface area contributed by atoms with Crippen LogP contribution in [0.15, 0.2) is 53.1 Å². The predicted octanol–water partition coefficient (Wildman–Crippen LogP) is 4.14. The van der Waals surface area contributed by atoms with E-state index in [1.165, 1.54) is 30.3 Å². The number of hydrogen-bond acceptors (Lipinski definition) is 4. The molecule has 3 rings (SSSR count). The lowest BCUT2D eigenvalue weighted by Crippen LogP contribution is -2.23. The molecule has 1 amide bonds. The molecule has 2 aromatic carbocycles. The fraction of sp³-hybridized carbons (Fsp3) is 0.211. The number of hydrogen-bond donors (Lipinski definition) is 1. The largest absolute Gasteiger partial charge is 0.416 e. The Morgan fingerprint density at radius 1 is 1.11 bits per heavy atom. The number of carbonyl (C=O) groups excluding carboxylic acids is 1. The second-order valence-electron chi connectivity index (χ2n) is 6.00. The van der Waals surface area contributed by atoms with Gasteiger partial charge in [-0.15, -0.1) is 0 Å². The average Bonchev–Trinajstić information content (AvgIpc) is 3.13. The number of aryl methyl sites for hydroxylation is 1. The summed E-state index contributed by atoms with van der Waals surface area (Å²) in [7, 11) is 0. The molecular formula is C19H15F4N3O2. The Balaban J connectivity index is 1.51. The normalized spacial score (nSPS) is 11.4. The molecule has 146 valence electrons. The summed E-state index contributed by atoms with van der Waals surface area (Å²) in [5.41, 5.74) is 0.0216. The minimum Gasteiger partial charge on any atom is -0.352 e. The number of nitrogens with one attached hydrogen (secondary N) is 1. The SMILES string of the molecule is O=C(CCc1nc(-c2cccc(F)c2)no1)NCc1cccc(C(F)(F)F)c1. The number of aromatic nitrogens is 2. The highest BCUT2D eigenvalue weighted by molar-refractivity contribution is 5.76. The quantitative estimate of drug-likeness (QED) is 0.639. The van der Waals surface area contributed by atoms with E-state index in [9.17, 15) is 22.4 Å². The van der Waals surface area contributed by atoms with Crippen molar-refractivity contribution >= 4 is 5.91 Å². The van der Waals surface area contributed by atoms with Crippen LogP contribution in [0.1, 0.15) is 23.4 Å². The smallest absolute Gasteiger partial charge is 0.352 e. The number of halogens is 4. The Hall–Kier alpha value is -3.23. The van der Waals surface area contributed by atoms with Crippen LogP contribution in [0, 0.1) is 5.82 Å². The molecule has 0 aliphatic carbocycles. The maximum atomic E-state index is 13.2. The standard InChI is InChI=1S/C19H15F4N3O2/c20-15-6-2-4-13(10-15)18-25-17(28-26-18)8-7-16(27)24-11-12-3-1-5-14(9-12)19(21,22)23/h1-6,9-10H,7-8,11H2,(H,24,27). The van der Waals surface area contributed by atoms with Gasteiger partial charge in [-0.3, -0.25) is 4.79 Å². The van der Waals surface area contributed by atoms with Crippen LogP contribution in [0.2, 0.25) is 0 Å². The van der Waals surface area contributed by atoms with Crippen molar-refractivity contribution in [3.8, 4) is 11.4 Å². The molecule has 28 heavy (non-hydrogen) atoms. The lowest BCUT2D eigenvalue weighted by Gasteiger charge is -2.09. The number of benzene rings is 2. The van der Waals surface area contributed by atoms with Crippen molar-refractivity contribution in [2.75, 3.05) is 0 Å². The van der Waals surface area contributed by atoms with Gasteiger partial charge in [0.1, 0.15) is 5.82 Å². The van der Waals surface area contributed by atoms with E-state index in [1.54, 1.807) is 6.07 Å². The molecule has 0 aliphatic rings. The maximum absolute atomic E-state index is 13.2. The highest BCUT2D eigenvalue weighted by Crippen LogP contribution is 2.29. The van der Waals surface area contributed by atoms with Crippen molar-refractivity contribution in [3.05, 3.63) is 71.4 Å². The Labute approximate surface area is 157 Å². The van der Waals surface area contributed by atoms with Crippen LogP contribution < -0.4 is 5.32 Å². The number of rotatable bonds is 6. The van der Waals surface area contributed by atoms with Crippen LogP contribution in [-0.2, 0) is 23.9 Å². The number of carbonyl (C=O) groups is 1. The molecular weight excluding hydrogens is 378 g/mol. The van der Waals surface area contributed by atoms with Gasteiger partial charge in [0.15, 0.2) is 0 Å². The van der Waals surface area contributed by atoms with Crippen molar-refractivity contribution in [2.45, 2.75) is 25.6 Å². The number of alkyl halides is 3. The monoisotopic (exact) mass is 393 g/mol. The molecule has 0 bridgehead atoms. The lowest BCUT2D eigenvalue weighted by molar-refractivity contribution is -0.137. The van der Waals surface area contributed by atoms with E-state index in [0.717, 1.165) is 12.1 Å². The summed E-state index contributed by atoms with van der Waals surface area (Å²) < 4.78 is 56.3. The number of amides is 1. The molecule has 0 radical (unpaired) electrons. The zero-order chi connectivity index (χ0) is 20.1. The highest BCUT2D eigenvalue weighted by atomic mass is 19.4. The summed E-state index contributed by atoms with van der Waals surface area (Å²) in [4.78, 5) is 16.0. The summed E-state index contributed by atoms with van der Waals surface area (Å²) in [5, 5.41) is 6.29. The van der Waals surface area contributed by atoms with Gasteiger partial charge in [-0.25, -0.2) is 4.39 Å². The first-order chi connectivity index (χ1) is 13.3. The third-order valence-electron chi connectivity index (χ3n) is 3.86. The van der Waals surface area contributed by atoms with Crippen molar-refractivity contribution in [3.63, 3.8) is 0 Å². The van der Waals surface area contributed by atoms with Gasteiger partial charge in [-0.05, 0) is 29.8 Å². The molecule has 1 N–H and O–H groups in total. The average molecular weight is 393 g/mol. The molecule has 0 aliphatic heterocycles. The molecule has 3 aromatic rings. The molecule has 5 nitrogen and oxygen atoms in total. The zero-order valence-electron chi connectivity index (χ0n) is 14.5. The van der Waals surface area contributed by atoms with Gasteiger partial charge in [-0.1, -0.05) is 29.4 Å². The Morgan fingerprint density at radius 2 is 1.89 bits per heavy atom. The van der Waals surface area contributed by atoms with Crippen molar-refractivity contribution < 1.29 is 26.9 Å². The van der Waals surface area contributed by atoms with Gasteiger partial charge >= 0.3 is 6.18 Å². The van der Waals surface area contributed by atoms with Crippen LogP contribution in [0.3, 0.4) is 0 Å². The van der Waals surface area contributed by atoms with Gasteiger partial charge in [0, 0.05) is 24.9 Å². The molecule has 0 fully saturated rings. The van der Waals surface area contributed by atoms with E-state index in [0.29, 0.717) is 11.1 Å². The molecule has 0 spiro atoms. The third kappa shape index (κ3) is 5.15. The van der Waals surface area contributed by atoms with Gasteiger partial charge in [0.25, 0.3) is 0 Å². The van der Waals surface area contributed by atoms with E-state index in [4.69, 9.17) is 4.52 Å². The third-order valence-corrected chi connectivity index (χ3v) is 3.86. The summed E-state index contributed by atoms with van der Waals surface area (Å²) in [6.07, 6.45) is -4.27. The fourth-order valence-electron chi connectivity index (χ4n) is 2.47. The zero-order valence-corrected chi connectivity index (χ0v) is 14.5. The van der Waals surface area contributed by atoms with Gasteiger partial charge < -0.3 is 9.84 Å². The van der Waals surface area contributed by atoms with Crippen LogP contribution in [0.5, 0.6) is 0 Å². The first-order valence-corrected chi connectivity index (χ1v) is 8.32. The first kappa shape index (κ1) is 19.5. The maximum Gasteiger partial charge on any atom is 0.416 e. The molecule has 0 atom stereocenters. The Kier molecular flexibility index (Phi) is 5.72. The van der Waals surface area contributed by atoms with Gasteiger partial charge in [0.2, 0.25) is 17.6 Å². The van der Waals surface area contributed by atoms with Crippen LogP contribution in [0.25, 0.3) is 11.4 Å². The van der Waals surface area contributed by atoms with E-state index < -0.39 is 17.6 Å². The van der Waals surface area contributed by atoms with Crippen LogP contribution in [0.4, 0.5) is 17.6 Å². The van der Waals surface area contributed by atoms with Crippen molar-refractivity contribution in [1.82, 2.24) is 15.5 Å². The molecule has 1 heterocycles.